The molecule has 0 aromatic carbocycles. The molecule has 0 spiro atoms. The predicted octanol–water partition coefficient (Wildman–Crippen LogP) is 0.625. The topological polar surface area (TPSA) is 80.5 Å². The van der Waals surface area contributed by atoms with Crippen LogP contribution in [0.4, 0.5) is 5.69 Å². The number of aromatic nitrogens is 1. The van der Waals surface area contributed by atoms with Crippen LogP contribution in [0, 0.1) is 0 Å². The first-order chi connectivity index (χ1) is 9.04. The Kier molecular flexibility index (Phi) is 6.55. The molecule has 0 aliphatic carbocycles. The molecule has 106 valence electrons. The van der Waals surface area contributed by atoms with E-state index in [9.17, 15) is 4.79 Å². The van der Waals surface area contributed by atoms with Crippen LogP contribution >= 0.6 is 11.6 Å². The van der Waals surface area contributed by atoms with Gasteiger partial charge in [0.2, 0.25) is 0 Å². The first-order valence-electron chi connectivity index (χ1n) is 5.91. The van der Waals surface area contributed by atoms with E-state index in [1.165, 1.54) is 12.3 Å². The van der Waals surface area contributed by atoms with E-state index in [2.05, 4.69) is 15.2 Å². The fraction of sp³-hybridized carbons (Fsp3) is 0.500. The van der Waals surface area contributed by atoms with Gasteiger partial charge in [-0.05, 0) is 13.1 Å². The summed E-state index contributed by atoms with van der Waals surface area (Å²) in [4.78, 5) is 17.8. The number of hydrogen-bond donors (Lipinski definition) is 2. The van der Waals surface area contributed by atoms with Crippen LogP contribution in [0.3, 0.4) is 0 Å². The van der Waals surface area contributed by atoms with Crippen molar-refractivity contribution in [3.8, 4) is 0 Å². The van der Waals surface area contributed by atoms with Crippen LogP contribution < -0.4 is 11.1 Å². The van der Waals surface area contributed by atoms with E-state index in [-0.39, 0.29) is 11.1 Å². The molecule has 1 aromatic heterocycles. The molecule has 0 fully saturated rings. The highest BCUT2D eigenvalue weighted by molar-refractivity contribution is 6.32. The zero-order chi connectivity index (χ0) is 14.3. The van der Waals surface area contributed by atoms with Crippen LogP contribution in [-0.4, -0.2) is 56.2 Å². The van der Waals surface area contributed by atoms with Gasteiger partial charge in [0, 0.05) is 26.7 Å². The van der Waals surface area contributed by atoms with Crippen LogP contribution in [0.1, 0.15) is 10.4 Å². The molecule has 19 heavy (non-hydrogen) atoms. The van der Waals surface area contributed by atoms with Crippen molar-refractivity contribution in [2.45, 2.75) is 0 Å². The first kappa shape index (κ1) is 15.7. The number of likely N-dealkylation sites (N-methyl/N-ethyl adjacent to an activating group) is 1. The smallest absolute Gasteiger partial charge is 0.254 e. The molecule has 0 aliphatic heterocycles. The molecule has 1 rings (SSSR count). The molecule has 0 bridgehead atoms. The van der Waals surface area contributed by atoms with Gasteiger partial charge in [-0.1, -0.05) is 11.6 Å². The maximum Gasteiger partial charge on any atom is 0.254 e. The van der Waals surface area contributed by atoms with Crippen molar-refractivity contribution in [3.63, 3.8) is 0 Å². The average Bonchev–Trinajstić information content (AvgIpc) is 2.39. The Morgan fingerprint density at radius 2 is 2.32 bits per heavy atom. The number of rotatable bonds is 7. The number of pyridine rings is 1. The Bertz CT molecular complexity index is 428. The molecule has 0 unspecified atom stereocenters. The second-order valence-corrected chi connectivity index (χ2v) is 4.52. The van der Waals surface area contributed by atoms with Crippen molar-refractivity contribution in [2.75, 3.05) is 46.1 Å². The van der Waals surface area contributed by atoms with Gasteiger partial charge in [0.1, 0.15) is 5.15 Å². The second kappa shape index (κ2) is 7.93. The van der Waals surface area contributed by atoms with Crippen molar-refractivity contribution in [2.24, 2.45) is 0 Å². The molecule has 0 saturated carbocycles. The summed E-state index contributed by atoms with van der Waals surface area (Å²) in [5.41, 5.74) is 6.28. The Morgan fingerprint density at radius 3 is 3.00 bits per heavy atom. The molecule has 1 amide bonds. The molecule has 0 atom stereocenters. The highest BCUT2D eigenvalue weighted by Gasteiger charge is 2.11. The molecule has 3 N–H and O–H groups in total. The maximum absolute atomic E-state index is 11.9. The number of amides is 1. The fourth-order valence-electron chi connectivity index (χ4n) is 1.44. The zero-order valence-electron chi connectivity index (χ0n) is 11.1. The molecule has 6 nitrogen and oxygen atoms in total. The summed E-state index contributed by atoms with van der Waals surface area (Å²) in [5, 5.41) is 2.93. The van der Waals surface area contributed by atoms with Gasteiger partial charge in [-0.2, -0.15) is 0 Å². The molecule has 0 aliphatic rings. The fourth-order valence-corrected chi connectivity index (χ4v) is 1.63. The second-order valence-electron chi connectivity index (χ2n) is 4.16. The predicted molar refractivity (Wildman–Crippen MR) is 75.4 cm³/mol. The summed E-state index contributed by atoms with van der Waals surface area (Å²) in [5.74, 6) is -0.273. The summed E-state index contributed by atoms with van der Waals surface area (Å²) in [6.07, 6.45) is 1.41. The lowest BCUT2D eigenvalue weighted by Crippen LogP contribution is -2.34. The summed E-state index contributed by atoms with van der Waals surface area (Å²) in [6, 6.07) is 1.51. The minimum atomic E-state index is -0.273. The van der Waals surface area contributed by atoms with E-state index < -0.39 is 0 Å². The highest BCUT2D eigenvalue weighted by atomic mass is 35.5. The molecule has 0 saturated heterocycles. The quantitative estimate of drug-likeness (QED) is 0.719. The Labute approximate surface area is 117 Å². The minimum Gasteiger partial charge on any atom is -0.397 e. The largest absolute Gasteiger partial charge is 0.397 e. The number of halogens is 1. The number of carbonyl (C=O) groups is 1. The lowest BCUT2D eigenvalue weighted by atomic mass is 10.2. The van der Waals surface area contributed by atoms with Crippen LogP contribution in [0.15, 0.2) is 12.3 Å². The summed E-state index contributed by atoms with van der Waals surface area (Å²) < 4.78 is 4.97. The lowest BCUT2D eigenvalue weighted by Gasteiger charge is -2.16. The molecule has 1 aromatic rings. The number of nitrogens with one attached hydrogen (secondary N) is 1. The number of anilines is 1. The van der Waals surface area contributed by atoms with Gasteiger partial charge in [0.15, 0.2) is 0 Å². The van der Waals surface area contributed by atoms with E-state index >= 15 is 0 Å². The van der Waals surface area contributed by atoms with Gasteiger partial charge < -0.3 is 20.7 Å². The summed E-state index contributed by atoms with van der Waals surface area (Å²) in [6.45, 7) is 2.72. The third-order valence-corrected chi connectivity index (χ3v) is 2.86. The maximum atomic E-state index is 11.9. The number of nitrogens with zero attached hydrogens (tertiary/aromatic N) is 2. The van der Waals surface area contributed by atoms with Crippen molar-refractivity contribution >= 4 is 23.2 Å². The Morgan fingerprint density at radius 1 is 1.58 bits per heavy atom. The van der Waals surface area contributed by atoms with Crippen LogP contribution in [0.2, 0.25) is 5.15 Å². The molecule has 1 heterocycles. The standard InChI is InChI=1S/C12H19ClN4O2/c1-17(5-6-19-2)4-3-15-12(18)10-7-9(14)8-16-11(10)13/h7-8H,3-6,14H2,1-2H3,(H,15,18). The molecule has 0 radical (unpaired) electrons. The Hall–Kier alpha value is -1.37. The zero-order valence-corrected chi connectivity index (χ0v) is 11.9. The number of nitrogens with two attached hydrogens (primary N) is 1. The SMILES string of the molecule is COCCN(C)CCNC(=O)c1cc(N)cnc1Cl. The van der Waals surface area contributed by atoms with Crippen LogP contribution in [0.25, 0.3) is 0 Å². The van der Waals surface area contributed by atoms with Gasteiger partial charge in [0.05, 0.1) is 24.1 Å². The van der Waals surface area contributed by atoms with Gasteiger partial charge in [0.25, 0.3) is 5.91 Å². The van der Waals surface area contributed by atoms with Crippen molar-refractivity contribution < 1.29 is 9.53 Å². The van der Waals surface area contributed by atoms with E-state index in [0.717, 1.165) is 13.1 Å². The normalized spacial score (nSPS) is 10.7. The lowest BCUT2D eigenvalue weighted by molar-refractivity contribution is 0.0947. The van der Waals surface area contributed by atoms with E-state index in [0.29, 0.717) is 24.4 Å². The summed E-state index contributed by atoms with van der Waals surface area (Å²) in [7, 11) is 3.62. The molecular weight excluding hydrogens is 268 g/mol. The van der Waals surface area contributed by atoms with Crippen molar-refractivity contribution in [3.05, 3.63) is 23.0 Å². The highest BCUT2D eigenvalue weighted by Crippen LogP contribution is 2.15. The van der Waals surface area contributed by atoms with Crippen LogP contribution in [0.5, 0.6) is 0 Å². The minimum absolute atomic E-state index is 0.152. The van der Waals surface area contributed by atoms with E-state index in [1.54, 1.807) is 7.11 Å². The van der Waals surface area contributed by atoms with Gasteiger partial charge in [-0.3, -0.25) is 4.79 Å². The third kappa shape index (κ3) is 5.42. The number of methoxy groups -OCH3 is 1. The third-order valence-electron chi connectivity index (χ3n) is 2.56. The monoisotopic (exact) mass is 286 g/mol. The molecule has 7 heteroatoms. The van der Waals surface area contributed by atoms with Gasteiger partial charge in [-0.25, -0.2) is 4.98 Å². The van der Waals surface area contributed by atoms with Crippen LogP contribution in [-0.2, 0) is 4.74 Å². The number of carbonyl (C=O) groups excluding carboxylic acids is 1. The Balaban J connectivity index is 2.41. The van der Waals surface area contributed by atoms with E-state index in [1.807, 2.05) is 7.05 Å². The number of nitrogen functional groups attached to an aromatic ring is 1. The van der Waals surface area contributed by atoms with E-state index in [4.69, 9.17) is 22.1 Å². The number of hydrogen-bond acceptors (Lipinski definition) is 5. The average molecular weight is 287 g/mol. The van der Waals surface area contributed by atoms with Gasteiger partial charge >= 0.3 is 0 Å². The summed E-state index contributed by atoms with van der Waals surface area (Å²) >= 11 is 5.85. The molecular formula is C12H19ClN4O2. The van der Waals surface area contributed by atoms with Crippen molar-refractivity contribution in [1.29, 1.82) is 0 Å². The van der Waals surface area contributed by atoms with Crippen molar-refractivity contribution in [1.82, 2.24) is 15.2 Å². The number of ether oxygens (including phenoxy) is 1. The first-order valence-corrected chi connectivity index (χ1v) is 6.29. The van der Waals surface area contributed by atoms with Gasteiger partial charge in [-0.15, -0.1) is 0 Å².